The number of carbonyl (C=O) groups is 1. The van der Waals surface area contributed by atoms with Gasteiger partial charge in [0, 0.05) is 19.2 Å². The van der Waals surface area contributed by atoms with Crippen LogP contribution in [0.5, 0.6) is 0 Å². The first kappa shape index (κ1) is 17.3. The molecule has 0 aliphatic carbocycles. The van der Waals surface area contributed by atoms with Crippen LogP contribution in [0.15, 0.2) is 30.3 Å². The van der Waals surface area contributed by atoms with Gasteiger partial charge in [-0.25, -0.2) is 0 Å². The molecular weight excluding hydrogens is 287 g/mol. The molecule has 0 bridgehead atoms. The van der Waals surface area contributed by atoms with Crippen LogP contribution < -0.4 is 4.90 Å². The molecule has 7 heteroatoms. The van der Waals surface area contributed by atoms with Crippen LogP contribution in [0.2, 0.25) is 0 Å². The molecule has 4 nitrogen and oxygen atoms in total. The van der Waals surface area contributed by atoms with Crippen molar-refractivity contribution in [3.8, 4) is 0 Å². The van der Waals surface area contributed by atoms with E-state index in [1.54, 1.807) is 30.3 Å². The lowest BCUT2D eigenvalue weighted by atomic mass is 10.3. The molecule has 0 amide bonds. The molecule has 0 aliphatic heterocycles. The number of ether oxygens (including phenoxy) is 2. The molecule has 21 heavy (non-hydrogen) atoms. The maximum absolute atomic E-state index is 12.6. The van der Waals surface area contributed by atoms with Gasteiger partial charge in [-0.05, 0) is 12.1 Å². The Morgan fingerprint density at radius 3 is 2.38 bits per heavy atom. The number of anilines is 1. The Morgan fingerprint density at radius 2 is 1.81 bits per heavy atom. The van der Waals surface area contributed by atoms with E-state index in [1.165, 1.54) is 11.8 Å². The van der Waals surface area contributed by atoms with Gasteiger partial charge >= 0.3 is 12.1 Å². The second-order valence-electron chi connectivity index (χ2n) is 4.32. The summed E-state index contributed by atoms with van der Waals surface area (Å²) in [6, 6.07) is 8.33. The highest BCUT2D eigenvalue weighted by molar-refractivity contribution is 5.65. The molecule has 1 rings (SSSR count). The second kappa shape index (κ2) is 8.51. The van der Waals surface area contributed by atoms with Gasteiger partial charge in [0.15, 0.2) is 0 Å². The third-order valence-electron chi connectivity index (χ3n) is 2.53. The average Bonchev–Trinajstić information content (AvgIpc) is 2.40. The average molecular weight is 305 g/mol. The lowest BCUT2D eigenvalue weighted by molar-refractivity contribution is -0.142. The first-order valence-electron chi connectivity index (χ1n) is 6.46. The normalized spacial score (nSPS) is 11.2. The van der Waals surface area contributed by atoms with E-state index in [2.05, 4.69) is 4.74 Å². The number of hydrogen-bond donors (Lipinski definition) is 0. The summed E-state index contributed by atoms with van der Waals surface area (Å²) in [5.74, 6) is -0.415. The number of benzene rings is 1. The lowest BCUT2D eigenvalue weighted by Gasteiger charge is -2.25. The number of halogens is 3. The molecule has 0 saturated carbocycles. The van der Waals surface area contributed by atoms with Gasteiger partial charge < -0.3 is 14.4 Å². The van der Waals surface area contributed by atoms with Gasteiger partial charge in [0.05, 0.1) is 13.2 Å². The molecule has 0 radical (unpaired) electrons. The number of carbonyl (C=O) groups excluding carboxylic acids is 1. The highest BCUT2D eigenvalue weighted by Gasteiger charge is 2.30. The standard InChI is InChI=1S/C14H18F3NO3/c1-12(19)21-10-9-20-8-7-18(11-14(15,16)17)13-5-3-2-4-6-13/h2-6H,7-11H2,1H3. The van der Waals surface area contributed by atoms with Crippen LogP contribution in [0.1, 0.15) is 6.92 Å². The summed E-state index contributed by atoms with van der Waals surface area (Å²) in [4.78, 5) is 11.7. The van der Waals surface area contributed by atoms with Crippen LogP contribution in [0.3, 0.4) is 0 Å². The van der Waals surface area contributed by atoms with E-state index in [0.29, 0.717) is 5.69 Å². The molecular formula is C14H18F3NO3. The minimum absolute atomic E-state index is 0.0972. The molecule has 0 saturated heterocycles. The fourth-order valence-electron chi connectivity index (χ4n) is 1.68. The second-order valence-corrected chi connectivity index (χ2v) is 4.32. The first-order valence-corrected chi connectivity index (χ1v) is 6.46. The van der Waals surface area contributed by atoms with E-state index in [0.717, 1.165) is 0 Å². The van der Waals surface area contributed by atoms with Gasteiger partial charge in [0.1, 0.15) is 13.2 Å². The quantitative estimate of drug-likeness (QED) is 0.547. The Morgan fingerprint density at radius 1 is 1.14 bits per heavy atom. The number of rotatable bonds is 8. The zero-order valence-electron chi connectivity index (χ0n) is 11.7. The van der Waals surface area contributed by atoms with Gasteiger partial charge in [0.2, 0.25) is 0 Å². The zero-order valence-corrected chi connectivity index (χ0v) is 11.7. The number of nitrogens with zero attached hydrogens (tertiary/aromatic N) is 1. The third kappa shape index (κ3) is 8.19. The fraction of sp³-hybridized carbons (Fsp3) is 0.500. The van der Waals surface area contributed by atoms with E-state index >= 15 is 0 Å². The molecule has 0 aliphatic rings. The molecule has 0 unspecified atom stereocenters. The predicted molar refractivity (Wildman–Crippen MR) is 72.2 cm³/mol. The Hall–Kier alpha value is -1.76. The molecule has 0 heterocycles. The van der Waals surface area contributed by atoms with Crippen LogP contribution in [-0.4, -0.2) is 45.1 Å². The number of hydrogen-bond acceptors (Lipinski definition) is 4. The van der Waals surface area contributed by atoms with Crippen molar-refractivity contribution < 1.29 is 27.4 Å². The van der Waals surface area contributed by atoms with Crippen molar-refractivity contribution in [3.63, 3.8) is 0 Å². The number of para-hydroxylation sites is 1. The van der Waals surface area contributed by atoms with Crippen molar-refractivity contribution in [1.82, 2.24) is 0 Å². The van der Waals surface area contributed by atoms with Crippen LogP contribution in [0, 0.1) is 0 Å². The Kier molecular flexibility index (Phi) is 7.01. The minimum Gasteiger partial charge on any atom is -0.463 e. The maximum atomic E-state index is 12.6. The van der Waals surface area contributed by atoms with E-state index in [4.69, 9.17) is 4.74 Å². The maximum Gasteiger partial charge on any atom is 0.405 e. The van der Waals surface area contributed by atoms with Crippen molar-refractivity contribution in [3.05, 3.63) is 30.3 Å². The number of alkyl halides is 3. The van der Waals surface area contributed by atoms with Gasteiger partial charge in [-0.1, -0.05) is 18.2 Å². The SMILES string of the molecule is CC(=O)OCCOCCN(CC(F)(F)F)c1ccccc1. The minimum atomic E-state index is -4.28. The molecule has 0 N–H and O–H groups in total. The summed E-state index contributed by atoms with van der Waals surface area (Å²) in [6.07, 6.45) is -4.28. The molecule has 1 aromatic rings. The lowest BCUT2D eigenvalue weighted by Crippen LogP contribution is -2.36. The van der Waals surface area contributed by atoms with Gasteiger partial charge in [0.25, 0.3) is 0 Å². The summed E-state index contributed by atoms with van der Waals surface area (Å²) in [5, 5.41) is 0. The fourth-order valence-corrected chi connectivity index (χ4v) is 1.68. The summed E-state index contributed by atoms with van der Waals surface area (Å²) >= 11 is 0. The van der Waals surface area contributed by atoms with E-state index < -0.39 is 18.7 Å². The summed E-state index contributed by atoms with van der Waals surface area (Å²) in [5.41, 5.74) is 0.485. The Balaban J connectivity index is 2.42. The van der Waals surface area contributed by atoms with Crippen molar-refractivity contribution in [1.29, 1.82) is 0 Å². The van der Waals surface area contributed by atoms with Crippen LogP contribution >= 0.6 is 0 Å². The van der Waals surface area contributed by atoms with Crippen LogP contribution in [0.25, 0.3) is 0 Å². The molecule has 0 atom stereocenters. The highest BCUT2D eigenvalue weighted by Crippen LogP contribution is 2.21. The first-order chi connectivity index (χ1) is 9.88. The highest BCUT2D eigenvalue weighted by atomic mass is 19.4. The molecule has 118 valence electrons. The zero-order chi connectivity index (χ0) is 15.7. The van der Waals surface area contributed by atoms with E-state index in [1.807, 2.05) is 0 Å². The van der Waals surface area contributed by atoms with Crippen molar-refractivity contribution >= 4 is 11.7 Å². The monoisotopic (exact) mass is 305 g/mol. The van der Waals surface area contributed by atoms with Gasteiger partial charge in [-0.2, -0.15) is 13.2 Å². The third-order valence-corrected chi connectivity index (χ3v) is 2.53. The Labute approximate surface area is 121 Å². The summed E-state index contributed by atoms with van der Waals surface area (Å²) in [7, 11) is 0. The van der Waals surface area contributed by atoms with Gasteiger partial charge in [-0.3, -0.25) is 4.79 Å². The Bertz CT molecular complexity index is 423. The smallest absolute Gasteiger partial charge is 0.405 e. The number of esters is 1. The van der Waals surface area contributed by atoms with E-state index in [-0.39, 0.29) is 26.4 Å². The van der Waals surface area contributed by atoms with Crippen LogP contribution in [-0.2, 0) is 14.3 Å². The topological polar surface area (TPSA) is 38.8 Å². The molecule has 0 spiro atoms. The van der Waals surface area contributed by atoms with Crippen molar-refractivity contribution in [2.75, 3.05) is 37.8 Å². The largest absolute Gasteiger partial charge is 0.463 e. The van der Waals surface area contributed by atoms with Gasteiger partial charge in [-0.15, -0.1) is 0 Å². The van der Waals surface area contributed by atoms with E-state index in [9.17, 15) is 18.0 Å². The summed E-state index contributed by atoms with van der Waals surface area (Å²) in [6.45, 7) is 0.717. The van der Waals surface area contributed by atoms with Crippen molar-refractivity contribution in [2.45, 2.75) is 13.1 Å². The van der Waals surface area contributed by atoms with Crippen molar-refractivity contribution in [2.24, 2.45) is 0 Å². The van der Waals surface area contributed by atoms with Crippen LogP contribution in [0.4, 0.5) is 18.9 Å². The predicted octanol–water partition coefficient (Wildman–Crippen LogP) is 2.64. The molecule has 0 fully saturated rings. The summed E-state index contributed by atoms with van der Waals surface area (Å²) < 4.78 is 47.5. The molecule has 0 aromatic heterocycles. The molecule has 1 aromatic carbocycles.